The van der Waals surface area contributed by atoms with Crippen LogP contribution in [0.1, 0.15) is 0 Å². The molecule has 0 heterocycles. The van der Waals surface area contributed by atoms with Crippen molar-refractivity contribution in [1.82, 2.24) is 0 Å². The molecule has 0 aliphatic heterocycles. The SMILES string of the molecule is CS(C)(OS(=O)(=O)O)C([N+](=O)[O-])([N+](=O)[O-])[N+](=O)[O-]. The van der Waals surface area contributed by atoms with Gasteiger partial charge in [-0.2, -0.15) is 12.0 Å². The highest BCUT2D eigenvalue weighted by Crippen LogP contribution is 2.56. The maximum atomic E-state index is 10.6. The summed E-state index contributed by atoms with van der Waals surface area (Å²) in [6.07, 6.45) is 0.990. The third-order valence-corrected chi connectivity index (χ3v) is 5.44. The third-order valence-electron chi connectivity index (χ3n) is 1.63. The van der Waals surface area contributed by atoms with Gasteiger partial charge in [0, 0.05) is 12.5 Å². The van der Waals surface area contributed by atoms with Crippen molar-refractivity contribution in [3.8, 4) is 0 Å². The lowest BCUT2D eigenvalue weighted by atomic mass is 10.9. The zero-order valence-corrected chi connectivity index (χ0v) is 10.4. The molecule has 0 aliphatic rings. The molecular weight excluding hydrogens is 302 g/mol. The maximum absolute atomic E-state index is 10.6. The standard InChI is InChI=1S/C3H7N3O10S2/c1-17(2,16-18(13,14)15)3(4(7)8,5(9)10)6(11)12/h1-2H3,(H,13,14,15). The first kappa shape index (κ1) is 16.4. The normalized spacial score (nSPS) is 13.9. The molecule has 106 valence electrons. The van der Waals surface area contributed by atoms with E-state index in [-0.39, 0.29) is 0 Å². The Bertz CT molecular complexity index is 458. The Kier molecular flexibility index (Phi) is 4.19. The molecule has 0 saturated heterocycles. The zero-order chi connectivity index (χ0) is 14.9. The van der Waals surface area contributed by atoms with Gasteiger partial charge in [-0.05, 0) is 0 Å². The predicted molar refractivity (Wildman–Crippen MR) is 55.8 cm³/mol. The molecule has 0 rings (SSSR count). The first-order chi connectivity index (χ1) is 7.79. The van der Waals surface area contributed by atoms with Gasteiger partial charge in [0.15, 0.2) is 14.8 Å². The van der Waals surface area contributed by atoms with Crippen molar-refractivity contribution >= 4 is 20.7 Å². The van der Waals surface area contributed by atoms with Crippen LogP contribution in [-0.4, -0.2) is 45.4 Å². The molecule has 0 unspecified atom stereocenters. The van der Waals surface area contributed by atoms with Gasteiger partial charge in [0.1, 0.15) is 0 Å². The van der Waals surface area contributed by atoms with E-state index < -0.39 is 40.6 Å². The predicted octanol–water partition coefficient (Wildman–Crippen LogP) is -0.774. The molecule has 1 N–H and O–H groups in total. The summed E-state index contributed by atoms with van der Waals surface area (Å²) >= 11 is 0. The Labute approximate surface area is 101 Å². The highest BCUT2D eigenvalue weighted by atomic mass is 32.3. The van der Waals surface area contributed by atoms with Crippen molar-refractivity contribution in [1.29, 1.82) is 0 Å². The molecule has 0 atom stereocenters. The molecule has 0 fully saturated rings. The Hall–Kier alpha value is -1.58. The number of nitrogens with zero attached hydrogens (tertiary/aromatic N) is 3. The summed E-state index contributed by atoms with van der Waals surface area (Å²) in [7, 11) is -9.42. The largest absolute Gasteiger partial charge is 0.758 e. The highest BCUT2D eigenvalue weighted by Gasteiger charge is 2.81. The quantitative estimate of drug-likeness (QED) is 0.281. The van der Waals surface area contributed by atoms with Gasteiger partial charge in [0.25, 0.3) is 0 Å². The fourth-order valence-corrected chi connectivity index (χ4v) is 4.16. The van der Waals surface area contributed by atoms with Gasteiger partial charge in [0.2, 0.25) is 0 Å². The molecule has 0 amide bonds. The minimum absolute atomic E-state index is 0.495. The molecule has 0 saturated carbocycles. The fourth-order valence-electron chi connectivity index (χ4n) is 0.999. The van der Waals surface area contributed by atoms with Gasteiger partial charge >= 0.3 is 15.5 Å². The summed E-state index contributed by atoms with van der Waals surface area (Å²) in [6.45, 7) is 0. The molecular formula is C3H7N3O10S2. The maximum Gasteiger partial charge on any atom is 0.758 e. The van der Waals surface area contributed by atoms with Crippen molar-refractivity contribution in [2.75, 3.05) is 12.5 Å². The van der Waals surface area contributed by atoms with E-state index in [0.29, 0.717) is 12.5 Å². The van der Waals surface area contributed by atoms with Gasteiger partial charge in [-0.15, -0.1) is 0 Å². The highest BCUT2D eigenvalue weighted by molar-refractivity contribution is 8.32. The van der Waals surface area contributed by atoms with Gasteiger partial charge in [-0.1, -0.05) is 0 Å². The number of nitro groups is 3. The molecule has 0 aromatic heterocycles. The molecule has 0 bridgehead atoms. The van der Waals surface area contributed by atoms with Crippen molar-refractivity contribution in [3.05, 3.63) is 30.3 Å². The third kappa shape index (κ3) is 2.63. The molecule has 0 aromatic carbocycles. The summed E-state index contributed by atoms with van der Waals surface area (Å²) < 4.78 is 33.0. The van der Waals surface area contributed by atoms with E-state index in [1.807, 2.05) is 0 Å². The molecule has 13 nitrogen and oxygen atoms in total. The molecule has 0 aromatic rings. The smallest absolute Gasteiger partial charge is 0.263 e. The first-order valence-corrected chi connectivity index (χ1v) is 7.38. The van der Waals surface area contributed by atoms with Crippen molar-refractivity contribution in [2.45, 2.75) is 5.12 Å². The lowest BCUT2D eigenvalue weighted by Crippen LogP contribution is -2.56. The zero-order valence-electron chi connectivity index (χ0n) is 8.78. The van der Waals surface area contributed by atoms with Gasteiger partial charge in [0.05, 0.1) is 10.3 Å². The van der Waals surface area contributed by atoms with Crippen molar-refractivity contribution in [3.63, 3.8) is 0 Å². The van der Waals surface area contributed by atoms with Crippen LogP contribution in [0.25, 0.3) is 0 Å². The Morgan fingerprint density at radius 2 is 1.28 bits per heavy atom. The summed E-state index contributed by atoms with van der Waals surface area (Å²) in [4.78, 5) is 26.2. The summed E-state index contributed by atoms with van der Waals surface area (Å²) in [5, 5.41) is 27.8. The molecule has 0 radical (unpaired) electrons. The molecule has 15 heteroatoms. The number of rotatable bonds is 6. The lowest BCUT2D eigenvalue weighted by molar-refractivity contribution is -0.936. The van der Waals surface area contributed by atoms with E-state index in [1.165, 1.54) is 0 Å². The van der Waals surface area contributed by atoms with Crippen LogP contribution in [0, 0.1) is 30.3 Å². The van der Waals surface area contributed by atoms with E-state index in [9.17, 15) is 38.8 Å². The first-order valence-electron chi connectivity index (χ1n) is 3.64. The van der Waals surface area contributed by atoms with E-state index >= 15 is 0 Å². The second kappa shape index (κ2) is 4.59. The van der Waals surface area contributed by atoms with E-state index in [4.69, 9.17) is 4.55 Å². The monoisotopic (exact) mass is 309 g/mol. The van der Waals surface area contributed by atoms with E-state index in [0.717, 1.165) is 0 Å². The average Bonchev–Trinajstić information content (AvgIpc) is 1.94. The van der Waals surface area contributed by atoms with Crippen LogP contribution in [0.3, 0.4) is 0 Å². The van der Waals surface area contributed by atoms with Crippen LogP contribution in [-0.2, 0) is 14.0 Å². The summed E-state index contributed by atoms with van der Waals surface area (Å²) in [5.41, 5.74) is 0. The second-order valence-electron chi connectivity index (χ2n) is 3.07. The van der Waals surface area contributed by atoms with Gasteiger partial charge in [-0.25, -0.2) is 0 Å². The fraction of sp³-hybridized carbons (Fsp3) is 1.00. The van der Waals surface area contributed by atoms with Gasteiger partial charge < -0.3 is 0 Å². The minimum Gasteiger partial charge on any atom is -0.263 e. The van der Waals surface area contributed by atoms with Gasteiger partial charge in [-0.3, -0.25) is 34.9 Å². The number of hydrogen-bond donors (Lipinski definition) is 1. The van der Waals surface area contributed by atoms with E-state index in [2.05, 4.69) is 3.63 Å². The van der Waals surface area contributed by atoms with Crippen molar-refractivity contribution < 1.29 is 31.4 Å². The Morgan fingerprint density at radius 3 is 1.44 bits per heavy atom. The lowest BCUT2D eigenvalue weighted by Gasteiger charge is -2.26. The van der Waals surface area contributed by atoms with Crippen LogP contribution in [0.15, 0.2) is 0 Å². The Balaban J connectivity index is 6.11. The average molecular weight is 309 g/mol. The Morgan fingerprint density at radius 1 is 1.00 bits per heavy atom. The van der Waals surface area contributed by atoms with Crippen LogP contribution >= 0.6 is 10.3 Å². The molecule has 0 aliphatic carbocycles. The summed E-state index contributed by atoms with van der Waals surface area (Å²) in [6, 6.07) is 0. The van der Waals surface area contributed by atoms with Crippen LogP contribution in [0.2, 0.25) is 0 Å². The van der Waals surface area contributed by atoms with Crippen molar-refractivity contribution in [2.24, 2.45) is 0 Å². The van der Waals surface area contributed by atoms with E-state index in [1.54, 1.807) is 0 Å². The molecule has 18 heavy (non-hydrogen) atoms. The summed E-state index contributed by atoms with van der Waals surface area (Å²) in [5.74, 6) is 0. The minimum atomic E-state index is -5.34. The van der Waals surface area contributed by atoms with Crippen LogP contribution < -0.4 is 0 Å². The topological polar surface area (TPSA) is 193 Å². The van der Waals surface area contributed by atoms with Crippen LogP contribution in [0.5, 0.6) is 0 Å². The second-order valence-corrected chi connectivity index (χ2v) is 7.49. The van der Waals surface area contributed by atoms with Crippen LogP contribution in [0.4, 0.5) is 0 Å². The number of hydrogen-bond acceptors (Lipinski definition) is 9. The molecule has 0 spiro atoms.